The Balaban J connectivity index is 1.74. The number of esters is 1. The van der Waals surface area contributed by atoms with Gasteiger partial charge in [0.1, 0.15) is 29.7 Å². The number of nitrogens with two attached hydrogens (primary N) is 1. The summed E-state index contributed by atoms with van der Waals surface area (Å²) < 4.78 is 42.5. The van der Waals surface area contributed by atoms with Crippen molar-refractivity contribution in [1.29, 1.82) is 0 Å². The Kier molecular flexibility index (Phi) is 11.9. The molecule has 0 radical (unpaired) electrons. The van der Waals surface area contributed by atoms with Crippen molar-refractivity contribution in [2.24, 2.45) is 5.41 Å². The molecule has 0 saturated heterocycles. The van der Waals surface area contributed by atoms with Gasteiger partial charge in [-0.2, -0.15) is 4.67 Å². The minimum Gasteiger partial charge on any atom is -0.464 e. The summed E-state index contributed by atoms with van der Waals surface area (Å²) in [7, 11) is -4.93. The minimum atomic E-state index is -4.16. The summed E-state index contributed by atoms with van der Waals surface area (Å²) in [5.74, 6) is 0.732. The summed E-state index contributed by atoms with van der Waals surface area (Å²) >= 11 is 6.12. The van der Waals surface area contributed by atoms with Crippen LogP contribution in [0.4, 0.5) is 5.82 Å². The number of hydrogen-bond donors (Lipinski definition) is 1. The summed E-state index contributed by atoms with van der Waals surface area (Å²) in [6, 6.07) is 13.3. The van der Waals surface area contributed by atoms with Crippen LogP contribution >= 0.6 is 19.3 Å². The van der Waals surface area contributed by atoms with E-state index in [1.54, 1.807) is 31.2 Å². The van der Waals surface area contributed by atoms with E-state index in [1.807, 2.05) is 63.5 Å². The van der Waals surface area contributed by atoms with Crippen LogP contribution in [0, 0.1) is 5.41 Å². The lowest BCUT2D eigenvalue weighted by molar-refractivity contribution is -0.150. The van der Waals surface area contributed by atoms with Crippen LogP contribution in [0.2, 0.25) is 11.6 Å². The maximum Gasteiger partial charge on any atom is 0.462 e. The van der Waals surface area contributed by atoms with Crippen LogP contribution in [0.15, 0.2) is 48.5 Å². The zero-order valence-electron chi connectivity index (χ0n) is 27.7. The molecule has 2 heterocycles. The molecule has 14 heteroatoms. The molecule has 1 unspecified atom stereocenters. The summed E-state index contributed by atoms with van der Waals surface area (Å²) in [5, 5.41) is 1.37. The molecule has 2 aromatic carbocycles. The number of para-hydroxylation sites is 1. The second-order valence-corrected chi connectivity index (χ2v) is 16.2. The Bertz CT molecular complexity index is 1700. The number of ether oxygens (including phenoxy) is 2. The first-order valence-corrected chi connectivity index (χ1v) is 19.8. The molecule has 11 nitrogen and oxygen atoms in total. The number of anilines is 1. The zero-order valence-corrected chi connectivity index (χ0v) is 30.7. The van der Waals surface area contributed by atoms with Crippen LogP contribution in [0.1, 0.15) is 47.4 Å². The van der Waals surface area contributed by atoms with E-state index < -0.39 is 35.4 Å². The molecule has 0 fully saturated rings. The zero-order chi connectivity index (χ0) is 33.6. The third kappa shape index (κ3) is 8.67. The van der Waals surface area contributed by atoms with E-state index in [4.69, 9.17) is 40.8 Å². The smallest absolute Gasteiger partial charge is 0.462 e. The van der Waals surface area contributed by atoms with Crippen molar-refractivity contribution in [3.63, 3.8) is 0 Å². The Morgan fingerprint density at radius 1 is 1.13 bits per heavy atom. The van der Waals surface area contributed by atoms with Crippen molar-refractivity contribution in [1.82, 2.24) is 19.2 Å². The number of rotatable bonds is 15. The van der Waals surface area contributed by atoms with E-state index in [0.29, 0.717) is 40.7 Å². The maximum absolute atomic E-state index is 15.0. The Morgan fingerprint density at radius 3 is 2.48 bits per heavy atom. The van der Waals surface area contributed by atoms with Crippen LogP contribution < -0.4 is 10.3 Å². The highest BCUT2D eigenvalue weighted by Crippen LogP contribution is 2.54. The van der Waals surface area contributed by atoms with Crippen molar-refractivity contribution in [3.05, 3.63) is 59.4 Å². The maximum atomic E-state index is 15.0. The predicted molar refractivity (Wildman–Crippen MR) is 186 cm³/mol. The van der Waals surface area contributed by atoms with Crippen LogP contribution in [0.3, 0.4) is 0 Å². The predicted octanol–water partition coefficient (Wildman–Crippen LogP) is 6.40. The standard InChI is InChI=1S/C32H45ClN5O6PSi/c1-8-41-18-27-36-28-29(25-11-9-10-12-26(25)35-30(28)34)37(27)17-21(2)43-45(40,44-24-15-13-23(33)14-16-24)38(20-46-7)22(3)31(39)42-19-32(4,5)6/h9-16,21-22H,8,17-20,46H2,1-7H3,(H2,34,35)/t21-,22+,45?/m1/s1. The molecule has 4 rings (SSSR count). The normalized spacial score (nSPS) is 15.1. The number of aromatic nitrogens is 3. The number of fused-ring (bicyclic) bond motifs is 3. The lowest BCUT2D eigenvalue weighted by Crippen LogP contribution is -2.42. The molecule has 250 valence electrons. The summed E-state index contributed by atoms with van der Waals surface area (Å²) in [6.07, 6.45) is -0.289. The number of halogens is 1. The number of imidazole rings is 1. The highest BCUT2D eigenvalue weighted by Gasteiger charge is 2.43. The number of pyridine rings is 1. The molecule has 0 amide bonds. The molecule has 4 aromatic rings. The Hall–Kier alpha value is -2.99. The fraction of sp³-hybridized carbons (Fsp3) is 0.469. The van der Waals surface area contributed by atoms with Crippen molar-refractivity contribution in [3.8, 4) is 5.75 Å². The average Bonchev–Trinajstić information content (AvgIpc) is 3.36. The highest BCUT2D eigenvalue weighted by molar-refractivity contribution is 7.51. The second kappa shape index (κ2) is 15.3. The molecule has 0 bridgehead atoms. The molecule has 0 spiro atoms. The van der Waals surface area contributed by atoms with Gasteiger partial charge in [-0.1, -0.05) is 57.1 Å². The van der Waals surface area contributed by atoms with Crippen LogP contribution in [-0.2, 0) is 36.5 Å². The molecular formula is C32H45ClN5O6PSi. The first-order chi connectivity index (χ1) is 21.8. The van der Waals surface area contributed by atoms with E-state index >= 15 is 4.57 Å². The topological polar surface area (TPSA) is 131 Å². The van der Waals surface area contributed by atoms with Crippen molar-refractivity contribution in [2.75, 3.05) is 25.1 Å². The van der Waals surface area contributed by atoms with Crippen molar-refractivity contribution < 1.29 is 27.9 Å². The minimum absolute atomic E-state index is 0.218. The number of benzene rings is 2. The molecular weight excluding hydrogens is 645 g/mol. The van der Waals surface area contributed by atoms with Gasteiger partial charge in [-0.25, -0.2) is 14.5 Å². The van der Waals surface area contributed by atoms with Gasteiger partial charge >= 0.3 is 13.7 Å². The molecule has 3 atom stereocenters. The van der Waals surface area contributed by atoms with E-state index in [9.17, 15) is 4.79 Å². The molecule has 2 N–H and O–H groups in total. The fourth-order valence-corrected chi connectivity index (χ4v) is 9.22. The number of hydrogen-bond acceptors (Lipinski definition) is 9. The number of nitrogen functional groups attached to an aromatic ring is 1. The van der Waals surface area contributed by atoms with E-state index in [-0.39, 0.29) is 25.2 Å². The van der Waals surface area contributed by atoms with Gasteiger partial charge in [-0.05, 0) is 62.7 Å². The van der Waals surface area contributed by atoms with Gasteiger partial charge in [-0.3, -0.25) is 9.32 Å². The molecule has 46 heavy (non-hydrogen) atoms. The van der Waals surface area contributed by atoms with E-state index in [1.165, 1.54) is 4.67 Å². The lowest BCUT2D eigenvalue weighted by Gasteiger charge is -2.35. The van der Waals surface area contributed by atoms with Gasteiger partial charge in [0.2, 0.25) is 0 Å². The van der Waals surface area contributed by atoms with Gasteiger partial charge in [-0.15, -0.1) is 0 Å². The van der Waals surface area contributed by atoms with Gasteiger partial charge < -0.3 is 24.3 Å². The van der Waals surface area contributed by atoms with Gasteiger partial charge in [0, 0.05) is 26.5 Å². The van der Waals surface area contributed by atoms with Gasteiger partial charge in [0.05, 0.1) is 30.3 Å². The van der Waals surface area contributed by atoms with Crippen LogP contribution in [0.5, 0.6) is 5.75 Å². The lowest BCUT2D eigenvalue weighted by atomic mass is 9.99. The van der Waals surface area contributed by atoms with Gasteiger partial charge in [0.15, 0.2) is 5.82 Å². The largest absolute Gasteiger partial charge is 0.464 e. The molecule has 0 aliphatic rings. The third-order valence-corrected chi connectivity index (χ3v) is 10.9. The number of nitrogens with zero attached hydrogens (tertiary/aromatic N) is 4. The highest BCUT2D eigenvalue weighted by atomic mass is 35.5. The first kappa shape index (κ1) is 35.9. The number of carbonyl (C=O) groups is 1. The van der Waals surface area contributed by atoms with Crippen molar-refractivity contribution >= 4 is 62.6 Å². The van der Waals surface area contributed by atoms with Crippen LogP contribution in [-0.4, -0.2) is 66.2 Å². The molecule has 2 aromatic heterocycles. The summed E-state index contributed by atoms with van der Waals surface area (Å²) in [5.41, 5.74) is 8.19. The van der Waals surface area contributed by atoms with E-state index in [2.05, 4.69) is 11.5 Å². The van der Waals surface area contributed by atoms with E-state index in [0.717, 1.165) is 16.4 Å². The summed E-state index contributed by atoms with van der Waals surface area (Å²) in [4.78, 5) is 22.6. The summed E-state index contributed by atoms with van der Waals surface area (Å²) in [6.45, 7) is 14.6. The second-order valence-electron chi connectivity index (χ2n) is 12.4. The van der Waals surface area contributed by atoms with Crippen molar-refractivity contribution in [2.45, 2.75) is 73.4 Å². The molecule has 0 aliphatic heterocycles. The third-order valence-electron chi connectivity index (χ3n) is 7.11. The first-order valence-electron chi connectivity index (χ1n) is 15.5. The van der Waals surface area contributed by atoms with Crippen LogP contribution in [0.25, 0.3) is 21.9 Å². The van der Waals surface area contributed by atoms with Gasteiger partial charge in [0.25, 0.3) is 0 Å². The quantitative estimate of drug-likeness (QED) is 0.0850. The SMILES string of the molecule is CCOCc1nc2c(N)nc3ccccc3c2n1C[C@@H](C)OP(=O)(Oc1ccc(Cl)cc1)N(C[SiH2]C)[C@@H](C)C(=O)OCC(C)(C)C. The monoisotopic (exact) mass is 689 g/mol. The number of carbonyl (C=O) groups excluding carboxylic acids is 1. The fourth-order valence-electron chi connectivity index (χ4n) is 4.97. The Morgan fingerprint density at radius 2 is 1.83 bits per heavy atom. The average molecular weight is 690 g/mol. The molecule has 0 saturated carbocycles. The Labute approximate surface area is 278 Å². The molecule has 0 aliphatic carbocycles.